The monoisotopic (exact) mass is 257 g/mol. The second-order valence-electron chi connectivity index (χ2n) is 4.87. The average Bonchev–Trinajstić information content (AvgIpc) is 2.57. The standard InChI is InChI=1S/C15H19N3O/c1-10-7-14(5-6-16-10)17-15(19)9-13-8-11(2)18(4)12(13)3/h5-8H,9H2,1-4H3,(H,16,17,19). The molecule has 0 unspecified atom stereocenters. The number of amides is 1. The van der Waals surface area contributed by atoms with Crippen LogP contribution in [0, 0.1) is 20.8 Å². The summed E-state index contributed by atoms with van der Waals surface area (Å²) in [6.07, 6.45) is 2.09. The molecule has 2 aromatic heterocycles. The molecule has 0 aliphatic carbocycles. The number of aromatic nitrogens is 2. The quantitative estimate of drug-likeness (QED) is 0.918. The highest BCUT2D eigenvalue weighted by Gasteiger charge is 2.10. The number of nitrogens with zero attached hydrogens (tertiary/aromatic N) is 2. The van der Waals surface area contributed by atoms with Crippen molar-refractivity contribution in [2.24, 2.45) is 7.05 Å². The lowest BCUT2D eigenvalue weighted by atomic mass is 10.1. The van der Waals surface area contributed by atoms with E-state index in [1.165, 1.54) is 5.69 Å². The first kappa shape index (κ1) is 13.3. The molecule has 0 aliphatic rings. The molecule has 2 heterocycles. The van der Waals surface area contributed by atoms with E-state index in [0.29, 0.717) is 6.42 Å². The van der Waals surface area contributed by atoms with Crippen LogP contribution in [0.5, 0.6) is 0 Å². The van der Waals surface area contributed by atoms with Gasteiger partial charge in [-0.1, -0.05) is 0 Å². The molecule has 1 N–H and O–H groups in total. The van der Waals surface area contributed by atoms with Gasteiger partial charge in [-0.05, 0) is 44.5 Å². The Kier molecular flexibility index (Phi) is 3.69. The Bertz CT molecular complexity index is 614. The number of nitrogens with one attached hydrogen (secondary N) is 1. The summed E-state index contributed by atoms with van der Waals surface area (Å²) in [5.74, 6) is -0.000648. The van der Waals surface area contributed by atoms with Crippen LogP contribution in [0.25, 0.3) is 0 Å². The van der Waals surface area contributed by atoms with Gasteiger partial charge in [-0.2, -0.15) is 0 Å². The van der Waals surface area contributed by atoms with Crippen molar-refractivity contribution in [3.8, 4) is 0 Å². The highest BCUT2D eigenvalue weighted by Crippen LogP contribution is 2.15. The molecule has 0 bridgehead atoms. The zero-order valence-electron chi connectivity index (χ0n) is 11.8. The summed E-state index contributed by atoms with van der Waals surface area (Å²) in [5, 5.41) is 2.90. The molecule has 4 nitrogen and oxygen atoms in total. The number of anilines is 1. The van der Waals surface area contributed by atoms with Crippen LogP contribution in [0.15, 0.2) is 24.4 Å². The zero-order chi connectivity index (χ0) is 14.0. The third-order valence-corrected chi connectivity index (χ3v) is 3.41. The lowest BCUT2D eigenvalue weighted by molar-refractivity contribution is -0.115. The van der Waals surface area contributed by atoms with E-state index in [9.17, 15) is 4.79 Å². The van der Waals surface area contributed by atoms with Gasteiger partial charge in [-0.15, -0.1) is 0 Å². The Balaban J connectivity index is 2.07. The van der Waals surface area contributed by atoms with Crippen LogP contribution in [0.3, 0.4) is 0 Å². The Hall–Kier alpha value is -2.10. The van der Waals surface area contributed by atoms with Crippen LogP contribution >= 0.6 is 0 Å². The van der Waals surface area contributed by atoms with Gasteiger partial charge in [0, 0.05) is 36.0 Å². The predicted molar refractivity (Wildman–Crippen MR) is 76.2 cm³/mol. The fourth-order valence-electron chi connectivity index (χ4n) is 2.11. The molecule has 0 fully saturated rings. The molecule has 19 heavy (non-hydrogen) atoms. The van der Waals surface area contributed by atoms with E-state index < -0.39 is 0 Å². The number of aryl methyl sites for hydroxylation is 2. The topological polar surface area (TPSA) is 46.9 Å². The summed E-state index contributed by atoms with van der Waals surface area (Å²) in [5.41, 5.74) is 5.06. The Morgan fingerprint density at radius 3 is 2.63 bits per heavy atom. The summed E-state index contributed by atoms with van der Waals surface area (Å²) in [6.45, 7) is 5.98. The molecule has 0 radical (unpaired) electrons. The van der Waals surface area contributed by atoms with Gasteiger partial charge in [-0.25, -0.2) is 0 Å². The number of carbonyl (C=O) groups excluding carboxylic acids is 1. The summed E-state index contributed by atoms with van der Waals surface area (Å²) in [4.78, 5) is 16.1. The minimum atomic E-state index is -0.000648. The van der Waals surface area contributed by atoms with Crippen molar-refractivity contribution < 1.29 is 4.79 Å². The molecule has 0 saturated heterocycles. The maximum Gasteiger partial charge on any atom is 0.228 e. The number of hydrogen-bond donors (Lipinski definition) is 1. The largest absolute Gasteiger partial charge is 0.352 e. The number of pyridine rings is 1. The molecular weight excluding hydrogens is 238 g/mol. The molecule has 100 valence electrons. The normalized spacial score (nSPS) is 10.5. The van der Waals surface area contributed by atoms with Gasteiger partial charge < -0.3 is 9.88 Å². The number of hydrogen-bond acceptors (Lipinski definition) is 2. The minimum absolute atomic E-state index is 0.000648. The Morgan fingerprint density at radius 1 is 1.32 bits per heavy atom. The predicted octanol–water partition coefficient (Wildman–Crippen LogP) is 2.53. The lowest BCUT2D eigenvalue weighted by Gasteiger charge is -2.06. The van der Waals surface area contributed by atoms with E-state index in [0.717, 1.165) is 22.6 Å². The van der Waals surface area contributed by atoms with Crippen molar-refractivity contribution >= 4 is 11.6 Å². The zero-order valence-corrected chi connectivity index (χ0v) is 11.8. The molecule has 4 heteroatoms. The fraction of sp³-hybridized carbons (Fsp3) is 0.333. The first-order valence-corrected chi connectivity index (χ1v) is 6.31. The average molecular weight is 257 g/mol. The van der Waals surface area contributed by atoms with Crippen LogP contribution in [0.2, 0.25) is 0 Å². The van der Waals surface area contributed by atoms with Gasteiger partial charge in [0.1, 0.15) is 0 Å². The van der Waals surface area contributed by atoms with Gasteiger partial charge in [0.25, 0.3) is 0 Å². The summed E-state index contributed by atoms with van der Waals surface area (Å²) >= 11 is 0. The molecule has 2 rings (SSSR count). The second-order valence-corrected chi connectivity index (χ2v) is 4.87. The SMILES string of the molecule is Cc1cc(NC(=O)Cc2cc(C)n(C)c2C)ccn1. The van der Waals surface area contributed by atoms with Crippen LogP contribution in [0.1, 0.15) is 22.6 Å². The highest BCUT2D eigenvalue weighted by atomic mass is 16.1. The molecule has 2 aromatic rings. The minimum Gasteiger partial charge on any atom is -0.352 e. The number of rotatable bonds is 3. The van der Waals surface area contributed by atoms with E-state index >= 15 is 0 Å². The molecule has 0 aliphatic heterocycles. The maximum absolute atomic E-state index is 12.0. The van der Waals surface area contributed by atoms with Gasteiger partial charge in [0.05, 0.1) is 6.42 Å². The summed E-state index contributed by atoms with van der Waals surface area (Å²) in [7, 11) is 2.01. The third kappa shape index (κ3) is 3.02. The highest BCUT2D eigenvalue weighted by molar-refractivity contribution is 5.92. The third-order valence-electron chi connectivity index (χ3n) is 3.41. The second kappa shape index (κ2) is 5.26. The first-order chi connectivity index (χ1) is 8.97. The molecule has 0 aromatic carbocycles. The molecule has 0 atom stereocenters. The van der Waals surface area contributed by atoms with Crippen molar-refractivity contribution in [3.05, 3.63) is 47.0 Å². The Labute approximate surface area is 113 Å². The number of carbonyl (C=O) groups is 1. The van der Waals surface area contributed by atoms with Gasteiger partial charge >= 0.3 is 0 Å². The Morgan fingerprint density at radius 2 is 2.05 bits per heavy atom. The van der Waals surface area contributed by atoms with Crippen molar-refractivity contribution in [1.29, 1.82) is 0 Å². The van der Waals surface area contributed by atoms with E-state index in [4.69, 9.17) is 0 Å². The van der Waals surface area contributed by atoms with Gasteiger partial charge in [0.2, 0.25) is 5.91 Å². The lowest BCUT2D eigenvalue weighted by Crippen LogP contribution is -2.15. The van der Waals surface area contributed by atoms with Crippen LogP contribution in [-0.2, 0) is 18.3 Å². The van der Waals surface area contributed by atoms with Crippen molar-refractivity contribution in [3.63, 3.8) is 0 Å². The van der Waals surface area contributed by atoms with Crippen LogP contribution < -0.4 is 5.32 Å². The van der Waals surface area contributed by atoms with E-state index in [-0.39, 0.29) is 5.91 Å². The van der Waals surface area contributed by atoms with Crippen molar-refractivity contribution in [2.75, 3.05) is 5.32 Å². The summed E-state index contributed by atoms with van der Waals surface area (Å²) in [6, 6.07) is 5.72. The molecular formula is C15H19N3O. The first-order valence-electron chi connectivity index (χ1n) is 6.31. The van der Waals surface area contributed by atoms with Crippen molar-refractivity contribution in [2.45, 2.75) is 27.2 Å². The van der Waals surface area contributed by atoms with E-state index in [1.54, 1.807) is 12.3 Å². The fourth-order valence-corrected chi connectivity index (χ4v) is 2.11. The molecule has 0 saturated carbocycles. The molecule has 0 spiro atoms. The van der Waals surface area contributed by atoms with Gasteiger partial charge in [-0.3, -0.25) is 9.78 Å². The summed E-state index contributed by atoms with van der Waals surface area (Å²) < 4.78 is 2.10. The van der Waals surface area contributed by atoms with Crippen LogP contribution in [0.4, 0.5) is 5.69 Å². The maximum atomic E-state index is 12.0. The van der Waals surface area contributed by atoms with Crippen molar-refractivity contribution in [1.82, 2.24) is 9.55 Å². The smallest absolute Gasteiger partial charge is 0.228 e. The van der Waals surface area contributed by atoms with E-state index in [2.05, 4.69) is 20.9 Å². The van der Waals surface area contributed by atoms with Gasteiger partial charge in [0.15, 0.2) is 0 Å². The van der Waals surface area contributed by atoms with E-state index in [1.807, 2.05) is 33.9 Å². The van der Waals surface area contributed by atoms with Crippen LogP contribution in [-0.4, -0.2) is 15.5 Å². The molecule has 1 amide bonds.